The zero-order chi connectivity index (χ0) is 28.8. The van der Waals surface area contributed by atoms with Crippen molar-refractivity contribution in [2.75, 3.05) is 34.8 Å². The van der Waals surface area contributed by atoms with Crippen LogP contribution in [-0.4, -0.2) is 54.2 Å². The number of fused-ring (bicyclic) bond motifs is 1. The molecule has 1 aliphatic carbocycles. The maximum absolute atomic E-state index is 13.0. The minimum Gasteiger partial charge on any atom is -0.444 e. The number of hydrogen-bond donors (Lipinski definition) is 1. The molecule has 40 heavy (non-hydrogen) atoms. The zero-order valence-electron chi connectivity index (χ0n) is 24.5. The lowest BCUT2D eigenvalue weighted by Gasteiger charge is -2.47. The molecule has 1 saturated carbocycles. The van der Waals surface area contributed by atoms with Gasteiger partial charge >= 0.3 is 6.09 Å². The second kappa shape index (κ2) is 10.7. The number of carbonyl (C=O) groups is 2. The normalized spacial score (nSPS) is 24.7. The van der Waals surface area contributed by atoms with E-state index in [0.29, 0.717) is 31.1 Å². The lowest BCUT2D eigenvalue weighted by atomic mass is 9.79. The number of nitriles is 1. The van der Waals surface area contributed by atoms with E-state index in [4.69, 9.17) is 4.74 Å². The van der Waals surface area contributed by atoms with Crippen molar-refractivity contribution in [3.63, 3.8) is 0 Å². The number of piperazine rings is 1. The first-order chi connectivity index (χ1) is 19.0. The van der Waals surface area contributed by atoms with Crippen LogP contribution >= 0.6 is 0 Å². The minimum atomic E-state index is -0.527. The average Bonchev–Trinajstić information content (AvgIpc) is 3.74. The monoisotopic (exact) mass is 543 g/mol. The Morgan fingerprint density at radius 2 is 1.75 bits per heavy atom. The van der Waals surface area contributed by atoms with Gasteiger partial charge in [0, 0.05) is 67.2 Å². The third-order valence-electron chi connectivity index (χ3n) is 8.37. The van der Waals surface area contributed by atoms with Crippen LogP contribution in [0, 0.1) is 23.2 Å². The van der Waals surface area contributed by atoms with Crippen molar-refractivity contribution < 1.29 is 14.3 Å². The van der Waals surface area contributed by atoms with E-state index in [0.717, 1.165) is 35.5 Å². The topological polar surface area (TPSA) is 88.9 Å². The van der Waals surface area contributed by atoms with E-state index in [9.17, 15) is 14.9 Å². The molecule has 4 atom stereocenters. The van der Waals surface area contributed by atoms with Gasteiger partial charge in [-0.15, -0.1) is 0 Å². The van der Waals surface area contributed by atoms with Crippen LogP contribution in [0.3, 0.4) is 0 Å². The van der Waals surface area contributed by atoms with E-state index < -0.39 is 5.60 Å². The third-order valence-corrected chi connectivity index (χ3v) is 8.37. The Kier molecular flexibility index (Phi) is 7.43. The number of carbonyl (C=O) groups excluding carboxylic acids is 2. The largest absolute Gasteiger partial charge is 0.444 e. The predicted molar refractivity (Wildman–Crippen MR) is 157 cm³/mol. The summed E-state index contributed by atoms with van der Waals surface area (Å²) >= 11 is 0. The van der Waals surface area contributed by atoms with E-state index in [-0.39, 0.29) is 36.0 Å². The first-order valence-corrected chi connectivity index (χ1v) is 14.4. The van der Waals surface area contributed by atoms with Gasteiger partial charge in [0.15, 0.2) is 0 Å². The number of hydrogen-bond acceptors (Lipinski definition) is 6. The molecule has 2 amide bonds. The molecule has 1 saturated heterocycles. The van der Waals surface area contributed by atoms with Crippen molar-refractivity contribution in [2.24, 2.45) is 11.8 Å². The van der Waals surface area contributed by atoms with Crippen LogP contribution in [0.5, 0.6) is 0 Å². The van der Waals surface area contributed by atoms with Crippen LogP contribution in [0.2, 0.25) is 0 Å². The number of nitrogens with one attached hydrogen (secondary N) is 1. The Labute approximate surface area is 237 Å². The molecule has 2 aromatic carbocycles. The van der Waals surface area contributed by atoms with E-state index in [1.807, 2.05) is 54.8 Å². The summed E-state index contributed by atoms with van der Waals surface area (Å²) in [7, 11) is 0. The van der Waals surface area contributed by atoms with E-state index in [2.05, 4.69) is 48.3 Å². The van der Waals surface area contributed by atoms with E-state index >= 15 is 0 Å². The molecular weight excluding hydrogens is 502 g/mol. The van der Waals surface area contributed by atoms with Gasteiger partial charge in [-0.25, -0.2) is 4.79 Å². The predicted octanol–water partition coefficient (Wildman–Crippen LogP) is 5.94. The Morgan fingerprint density at radius 1 is 1.05 bits per heavy atom. The standard InChI is InChI=1S/C32H41N5O3/c1-20-19-35(15-16-36(20)31(39)40-32(4,5)6)26-13-14-28-27(17-26)29(34-25-11-7-23(18-33)8-12-25)21(2)30(24-9-10-24)37(28)22(3)38/h7-8,11-14,17,20-21,24,29-30,34H,9-10,15-16,19H2,1-6H3. The van der Waals surface area contributed by atoms with Gasteiger partial charge in [-0.1, -0.05) is 6.92 Å². The third kappa shape index (κ3) is 5.60. The van der Waals surface area contributed by atoms with Gasteiger partial charge in [0.2, 0.25) is 5.91 Å². The smallest absolute Gasteiger partial charge is 0.410 e. The molecule has 2 aromatic rings. The van der Waals surface area contributed by atoms with Crippen molar-refractivity contribution in [1.29, 1.82) is 5.26 Å². The average molecular weight is 544 g/mol. The molecule has 5 rings (SSSR count). The Balaban J connectivity index is 1.45. The Morgan fingerprint density at radius 3 is 2.33 bits per heavy atom. The van der Waals surface area contributed by atoms with E-state index in [1.165, 1.54) is 0 Å². The molecule has 2 fully saturated rings. The fourth-order valence-corrected chi connectivity index (χ4v) is 6.35. The number of rotatable bonds is 4. The SMILES string of the molecule is CC(=O)N1c2ccc(N3CCN(C(=O)OC(C)(C)C)C(C)C3)cc2C(Nc2ccc(C#N)cc2)C(C)C1C1CC1. The molecular formula is C32H41N5O3. The van der Waals surface area contributed by atoms with Crippen LogP contribution in [0.1, 0.15) is 71.6 Å². The first kappa shape index (κ1) is 27.8. The molecule has 4 unspecified atom stereocenters. The molecule has 2 heterocycles. The highest BCUT2D eigenvalue weighted by Gasteiger charge is 2.47. The molecule has 212 valence electrons. The minimum absolute atomic E-state index is 0.000841. The van der Waals surface area contributed by atoms with Gasteiger partial charge in [0.25, 0.3) is 0 Å². The summed E-state index contributed by atoms with van der Waals surface area (Å²) in [5, 5.41) is 13.0. The van der Waals surface area contributed by atoms with Crippen LogP contribution in [0.4, 0.5) is 21.9 Å². The summed E-state index contributed by atoms with van der Waals surface area (Å²) in [6.45, 7) is 13.6. The molecule has 0 aromatic heterocycles. The molecule has 0 spiro atoms. The highest BCUT2D eigenvalue weighted by atomic mass is 16.6. The maximum Gasteiger partial charge on any atom is 0.410 e. The fraction of sp³-hybridized carbons (Fsp3) is 0.531. The Hall–Kier alpha value is -3.73. The number of nitrogens with zero attached hydrogens (tertiary/aromatic N) is 4. The van der Waals surface area contributed by atoms with Crippen molar-refractivity contribution >= 4 is 29.1 Å². The zero-order valence-corrected chi connectivity index (χ0v) is 24.5. The second-order valence-electron chi connectivity index (χ2n) is 12.6. The van der Waals surface area contributed by atoms with Crippen LogP contribution in [-0.2, 0) is 9.53 Å². The second-order valence-corrected chi connectivity index (χ2v) is 12.6. The molecule has 3 aliphatic rings. The van der Waals surface area contributed by atoms with Gasteiger partial charge in [-0.2, -0.15) is 5.26 Å². The van der Waals surface area contributed by atoms with Crippen LogP contribution in [0.15, 0.2) is 42.5 Å². The highest BCUT2D eigenvalue weighted by Crippen LogP contribution is 2.50. The summed E-state index contributed by atoms with van der Waals surface area (Å²) in [6, 6.07) is 16.3. The summed E-state index contributed by atoms with van der Waals surface area (Å²) in [6.07, 6.45) is 2.03. The summed E-state index contributed by atoms with van der Waals surface area (Å²) in [5.41, 5.74) is 4.21. The lowest BCUT2D eigenvalue weighted by molar-refractivity contribution is -0.117. The van der Waals surface area contributed by atoms with Gasteiger partial charge in [0.05, 0.1) is 17.7 Å². The number of ether oxygens (including phenoxy) is 1. The van der Waals surface area contributed by atoms with Crippen molar-refractivity contribution in [3.8, 4) is 6.07 Å². The molecule has 8 heteroatoms. The quantitative estimate of drug-likeness (QED) is 0.514. The van der Waals surface area contributed by atoms with Gasteiger partial charge < -0.3 is 24.8 Å². The van der Waals surface area contributed by atoms with Gasteiger partial charge in [-0.05, 0) is 88.9 Å². The molecule has 1 N–H and O–H groups in total. The lowest BCUT2D eigenvalue weighted by Crippen LogP contribution is -2.55. The summed E-state index contributed by atoms with van der Waals surface area (Å²) < 4.78 is 5.63. The molecule has 0 bridgehead atoms. The summed E-state index contributed by atoms with van der Waals surface area (Å²) in [4.78, 5) is 32.0. The van der Waals surface area contributed by atoms with Crippen molar-refractivity contribution in [3.05, 3.63) is 53.6 Å². The van der Waals surface area contributed by atoms with Gasteiger partial charge in [0.1, 0.15) is 5.60 Å². The molecule has 8 nitrogen and oxygen atoms in total. The number of benzene rings is 2. The highest BCUT2D eigenvalue weighted by molar-refractivity contribution is 5.94. The van der Waals surface area contributed by atoms with Crippen LogP contribution in [0.25, 0.3) is 0 Å². The molecule has 2 aliphatic heterocycles. The van der Waals surface area contributed by atoms with E-state index in [1.54, 1.807) is 6.92 Å². The van der Waals surface area contributed by atoms with Gasteiger partial charge in [-0.3, -0.25) is 4.79 Å². The number of amides is 2. The maximum atomic E-state index is 13.0. The van der Waals surface area contributed by atoms with Crippen molar-refractivity contribution in [1.82, 2.24) is 4.90 Å². The number of anilines is 3. The Bertz CT molecular complexity index is 1310. The van der Waals surface area contributed by atoms with Crippen molar-refractivity contribution in [2.45, 2.75) is 78.1 Å². The molecule has 0 radical (unpaired) electrons. The fourth-order valence-electron chi connectivity index (χ4n) is 6.35. The summed E-state index contributed by atoms with van der Waals surface area (Å²) in [5.74, 6) is 0.783. The van der Waals surface area contributed by atoms with Crippen LogP contribution < -0.4 is 15.1 Å². The first-order valence-electron chi connectivity index (χ1n) is 14.4.